The molecule has 1 aliphatic rings. The maximum atomic E-state index is 4.55. The van der Waals surface area contributed by atoms with E-state index in [0.29, 0.717) is 5.41 Å². The van der Waals surface area contributed by atoms with Gasteiger partial charge in [0.2, 0.25) is 0 Å². The summed E-state index contributed by atoms with van der Waals surface area (Å²) in [6, 6.07) is 2.14. The highest BCUT2D eigenvalue weighted by Crippen LogP contribution is 2.32. The molecule has 1 aromatic heterocycles. The molecular formula is C13H19BrN2. The Hall–Kier alpha value is -0.570. The molecule has 0 saturated carbocycles. The molecule has 0 radical (unpaired) electrons. The highest BCUT2D eigenvalue weighted by Gasteiger charge is 2.27. The SMILES string of the molecule is Cc1cc(Br)cnc1N1CCCC(C)(C)C1. The van der Waals surface area contributed by atoms with Crippen LogP contribution in [0.5, 0.6) is 0 Å². The lowest BCUT2D eigenvalue weighted by Crippen LogP contribution is -2.40. The number of rotatable bonds is 1. The van der Waals surface area contributed by atoms with Crippen molar-refractivity contribution in [2.75, 3.05) is 18.0 Å². The van der Waals surface area contributed by atoms with E-state index in [1.54, 1.807) is 0 Å². The highest BCUT2D eigenvalue weighted by molar-refractivity contribution is 9.10. The van der Waals surface area contributed by atoms with Crippen LogP contribution in [0.25, 0.3) is 0 Å². The van der Waals surface area contributed by atoms with E-state index in [4.69, 9.17) is 0 Å². The largest absolute Gasteiger partial charge is 0.356 e. The predicted octanol–water partition coefficient (Wildman–Crippen LogP) is 3.78. The summed E-state index contributed by atoms with van der Waals surface area (Å²) >= 11 is 3.46. The molecule has 2 nitrogen and oxygen atoms in total. The van der Waals surface area contributed by atoms with Gasteiger partial charge in [0.1, 0.15) is 5.82 Å². The van der Waals surface area contributed by atoms with E-state index in [1.165, 1.54) is 18.4 Å². The van der Waals surface area contributed by atoms with Crippen molar-refractivity contribution in [1.29, 1.82) is 0 Å². The Labute approximate surface area is 106 Å². The Morgan fingerprint density at radius 3 is 2.81 bits per heavy atom. The number of halogens is 1. The van der Waals surface area contributed by atoms with Gasteiger partial charge in [-0.1, -0.05) is 13.8 Å². The van der Waals surface area contributed by atoms with Crippen LogP contribution in [0, 0.1) is 12.3 Å². The molecule has 1 saturated heterocycles. The average molecular weight is 283 g/mol. The molecule has 2 heterocycles. The van der Waals surface area contributed by atoms with Gasteiger partial charge in [0.05, 0.1) is 0 Å². The van der Waals surface area contributed by atoms with Gasteiger partial charge in [0.25, 0.3) is 0 Å². The number of nitrogens with zero attached hydrogens (tertiary/aromatic N) is 2. The molecule has 1 aromatic rings. The molecule has 0 N–H and O–H groups in total. The molecule has 16 heavy (non-hydrogen) atoms. The lowest BCUT2D eigenvalue weighted by molar-refractivity contribution is 0.292. The van der Waals surface area contributed by atoms with Crippen LogP contribution in [-0.2, 0) is 0 Å². The van der Waals surface area contributed by atoms with Crippen LogP contribution in [0.1, 0.15) is 32.3 Å². The zero-order valence-electron chi connectivity index (χ0n) is 10.3. The van der Waals surface area contributed by atoms with Gasteiger partial charge in [0.15, 0.2) is 0 Å². The van der Waals surface area contributed by atoms with Gasteiger partial charge in [-0.25, -0.2) is 4.98 Å². The standard InChI is InChI=1S/C13H19BrN2/c1-10-7-11(14)8-15-12(10)16-6-4-5-13(2,3)9-16/h7-8H,4-6,9H2,1-3H3. The topological polar surface area (TPSA) is 16.1 Å². The first kappa shape index (κ1) is 11.9. The number of aromatic nitrogens is 1. The molecule has 3 heteroatoms. The molecule has 88 valence electrons. The second kappa shape index (κ2) is 4.36. The Balaban J connectivity index is 2.23. The lowest BCUT2D eigenvalue weighted by atomic mass is 9.84. The maximum absolute atomic E-state index is 4.55. The Morgan fingerprint density at radius 2 is 2.19 bits per heavy atom. The minimum atomic E-state index is 0.416. The van der Waals surface area contributed by atoms with Crippen LogP contribution < -0.4 is 4.90 Å². The molecule has 0 spiro atoms. The molecule has 1 aliphatic heterocycles. The van der Waals surface area contributed by atoms with E-state index < -0.39 is 0 Å². The molecular weight excluding hydrogens is 264 g/mol. The van der Waals surface area contributed by atoms with Crippen LogP contribution in [-0.4, -0.2) is 18.1 Å². The van der Waals surface area contributed by atoms with Crippen molar-refractivity contribution < 1.29 is 0 Å². The van der Waals surface area contributed by atoms with Crippen molar-refractivity contribution in [3.63, 3.8) is 0 Å². The molecule has 0 unspecified atom stereocenters. The van der Waals surface area contributed by atoms with Gasteiger partial charge >= 0.3 is 0 Å². The average Bonchev–Trinajstić information content (AvgIpc) is 2.15. The summed E-state index contributed by atoms with van der Waals surface area (Å²) < 4.78 is 1.06. The lowest BCUT2D eigenvalue weighted by Gasteiger charge is -2.39. The molecule has 1 fully saturated rings. The summed E-state index contributed by atoms with van der Waals surface area (Å²) in [7, 11) is 0. The molecule has 0 amide bonds. The van der Waals surface area contributed by atoms with Gasteiger partial charge in [-0.15, -0.1) is 0 Å². The Kier molecular flexibility index (Phi) is 3.24. The first-order valence-corrected chi connectivity index (χ1v) is 6.64. The smallest absolute Gasteiger partial charge is 0.131 e. The second-order valence-corrected chi connectivity index (χ2v) is 6.40. The van der Waals surface area contributed by atoms with Gasteiger partial charge in [0, 0.05) is 23.8 Å². The van der Waals surface area contributed by atoms with Gasteiger partial charge in [-0.2, -0.15) is 0 Å². The third-order valence-corrected chi connectivity index (χ3v) is 3.65. The normalized spacial score (nSPS) is 19.9. The third-order valence-electron chi connectivity index (χ3n) is 3.22. The first-order chi connectivity index (χ1) is 7.48. The van der Waals surface area contributed by atoms with Crippen LogP contribution >= 0.6 is 15.9 Å². The predicted molar refractivity (Wildman–Crippen MR) is 71.9 cm³/mol. The first-order valence-electron chi connectivity index (χ1n) is 5.85. The summed E-state index contributed by atoms with van der Waals surface area (Å²) in [5, 5.41) is 0. The second-order valence-electron chi connectivity index (χ2n) is 5.48. The number of hydrogen-bond donors (Lipinski definition) is 0. The number of anilines is 1. The molecule has 0 bridgehead atoms. The summed E-state index contributed by atoms with van der Waals surface area (Å²) in [5.74, 6) is 1.15. The fourth-order valence-corrected chi connectivity index (χ4v) is 2.91. The van der Waals surface area contributed by atoms with Gasteiger partial charge in [-0.05, 0) is 52.7 Å². The van der Waals surface area contributed by atoms with Crippen molar-refractivity contribution >= 4 is 21.7 Å². The molecule has 0 aliphatic carbocycles. The Morgan fingerprint density at radius 1 is 1.44 bits per heavy atom. The van der Waals surface area contributed by atoms with Crippen molar-refractivity contribution in [3.8, 4) is 0 Å². The van der Waals surface area contributed by atoms with Crippen LogP contribution in [0.3, 0.4) is 0 Å². The van der Waals surface area contributed by atoms with Crippen molar-refractivity contribution in [2.45, 2.75) is 33.6 Å². The minimum absolute atomic E-state index is 0.416. The van der Waals surface area contributed by atoms with Crippen molar-refractivity contribution in [1.82, 2.24) is 4.98 Å². The zero-order chi connectivity index (χ0) is 11.8. The van der Waals surface area contributed by atoms with E-state index in [-0.39, 0.29) is 0 Å². The zero-order valence-corrected chi connectivity index (χ0v) is 11.8. The van der Waals surface area contributed by atoms with E-state index in [9.17, 15) is 0 Å². The van der Waals surface area contributed by atoms with Crippen LogP contribution in [0.15, 0.2) is 16.7 Å². The van der Waals surface area contributed by atoms with E-state index in [1.807, 2.05) is 6.20 Å². The monoisotopic (exact) mass is 282 g/mol. The summed E-state index contributed by atoms with van der Waals surface area (Å²) in [5.41, 5.74) is 1.67. The van der Waals surface area contributed by atoms with Gasteiger partial charge < -0.3 is 4.90 Å². The quantitative estimate of drug-likeness (QED) is 0.779. The fraction of sp³-hybridized carbons (Fsp3) is 0.615. The molecule has 0 aromatic carbocycles. The Bertz CT molecular complexity index is 388. The summed E-state index contributed by atoms with van der Waals surface area (Å²) in [4.78, 5) is 6.97. The maximum Gasteiger partial charge on any atom is 0.131 e. The summed E-state index contributed by atoms with van der Waals surface area (Å²) in [6.07, 6.45) is 4.48. The molecule has 2 rings (SSSR count). The number of hydrogen-bond acceptors (Lipinski definition) is 2. The van der Waals surface area contributed by atoms with Crippen LogP contribution in [0.2, 0.25) is 0 Å². The number of piperidine rings is 1. The highest BCUT2D eigenvalue weighted by atomic mass is 79.9. The summed E-state index contributed by atoms with van der Waals surface area (Å²) in [6.45, 7) is 9.07. The molecule has 0 atom stereocenters. The van der Waals surface area contributed by atoms with Crippen LogP contribution in [0.4, 0.5) is 5.82 Å². The minimum Gasteiger partial charge on any atom is -0.356 e. The van der Waals surface area contributed by atoms with E-state index in [2.05, 4.69) is 52.7 Å². The third kappa shape index (κ3) is 2.57. The number of aryl methyl sites for hydroxylation is 1. The fourth-order valence-electron chi connectivity index (χ4n) is 2.47. The van der Waals surface area contributed by atoms with Crippen molar-refractivity contribution in [2.24, 2.45) is 5.41 Å². The van der Waals surface area contributed by atoms with E-state index in [0.717, 1.165) is 23.4 Å². The van der Waals surface area contributed by atoms with E-state index >= 15 is 0 Å². The number of pyridine rings is 1. The van der Waals surface area contributed by atoms with Gasteiger partial charge in [-0.3, -0.25) is 0 Å². The van der Waals surface area contributed by atoms with Crippen molar-refractivity contribution in [3.05, 3.63) is 22.3 Å².